The molecule has 0 bridgehead atoms. The van der Waals surface area contributed by atoms with Gasteiger partial charge in [0.2, 0.25) is 0 Å². The van der Waals surface area contributed by atoms with Crippen LogP contribution in [-0.2, 0) is 10.3 Å². The van der Waals surface area contributed by atoms with Crippen molar-refractivity contribution in [2.24, 2.45) is 0 Å². The Labute approximate surface area is 105 Å². The maximum absolute atomic E-state index is 6.27. The second kappa shape index (κ2) is 3.62. The van der Waals surface area contributed by atoms with Gasteiger partial charge in [-0.25, -0.2) is 0 Å². The third-order valence-electron chi connectivity index (χ3n) is 3.33. The van der Waals surface area contributed by atoms with E-state index in [4.69, 9.17) is 21.1 Å². The average molecular weight is 249 g/mol. The molecule has 0 spiro atoms. The molecule has 0 saturated carbocycles. The molecule has 3 rings (SSSR count). The minimum atomic E-state index is -0.0966. The van der Waals surface area contributed by atoms with Gasteiger partial charge in [-0.15, -0.1) is 0 Å². The second-order valence-electron chi connectivity index (χ2n) is 4.54. The van der Waals surface area contributed by atoms with Crippen molar-refractivity contribution in [1.29, 1.82) is 0 Å². The van der Waals surface area contributed by atoms with Crippen LogP contribution in [0.4, 0.5) is 0 Å². The highest BCUT2D eigenvalue weighted by atomic mass is 35.5. The van der Waals surface area contributed by atoms with E-state index in [9.17, 15) is 0 Å². The molecule has 17 heavy (non-hydrogen) atoms. The summed E-state index contributed by atoms with van der Waals surface area (Å²) >= 11 is 6.27. The van der Waals surface area contributed by atoms with Crippen molar-refractivity contribution in [2.75, 3.05) is 13.7 Å². The predicted octanol–water partition coefficient (Wildman–Crippen LogP) is 3.75. The van der Waals surface area contributed by atoms with Crippen molar-refractivity contribution in [3.8, 4) is 5.75 Å². The molecule has 3 heteroatoms. The monoisotopic (exact) mass is 248 g/mol. The summed E-state index contributed by atoms with van der Waals surface area (Å²) in [7, 11) is 1.63. The summed E-state index contributed by atoms with van der Waals surface area (Å²) in [4.78, 5) is 0. The molecule has 1 saturated heterocycles. The quantitative estimate of drug-likeness (QED) is 0.755. The Morgan fingerprint density at radius 1 is 1.29 bits per heavy atom. The Kier molecular flexibility index (Phi) is 2.32. The Morgan fingerprint density at radius 3 is 2.71 bits per heavy atom. The molecule has 2 nitrogen and oxygen atoms in total. The lowest BCUT2D eigenvalue weighted by atomic mass is 9.98. The number of ether oxygens (including phenoxy) is 2. The van der Waals surface area contributed by atoms with E-state index in [2.05, 4.69) is 19.1 Å². The zero-order valence-electron chi connectivity index (χ0n) is 9.79. The van der Waals surface area contributed by atoms with Crippen molar-refractivity contribution in [2.45, 2.75) is 12.5 Å². The molecule has 1 fully saturated rings. The summed E-state index contributed by atoms with van der Waals surface area (Å²) < 4.78 is 10.7. The average Bonchev–Trinajstić information content (AvgIpc) is 3.09. The van der Waals surface area contributed by atoms with Gasteiger partial charge in [0.05, 0.1) is 18.7 Å². The van der Waals surface area contributed by atoms with Gasteiger partial charge in [0.25, 0.3) is 0 Å². The van der Waals surface area contributed by atoms with Crippen LogP contribution < -0.4 is 4.74 Å². The van der Waals surface area contributed by atoms with E-state index in [0.717, 1.165) is 17.4 Å². The van der Waals surface area contributed by atoms with E-state index in [1.165, 1.54) is 5.56 Å². The molecule has 88 valence electrons. The Bertz CT molecular complexity index is 588. The zero-order valence-corrected chi connectivity index (χ0v) is 10.5. The summed E-state index contributed by atoms with van der Waals surface area (Å²) in [5.74, 6) is 0.709. The molecular weight excluding hydrogens is 236 g/mol. The lowest BCUT2D eigenvalue weighted by Crippen LogP contribution is -2.01. The summed E-state index contributed by atoms with van der Waals surface area (Å²) in [6.45, 7) is 2.89. The van der Waals surface area contributed by atoms with Crippen molar-refractivity contribution >= 4 is 22.4 Å². The van der Waals surface area contributed by atoms with Gasteiger partial charge in [-0.3, -0.25) is 0 Å². The second-order valence-corrected chi connectivity index (χ2v) is 4.92. The molecule has 2 aromatic carbocycles. The van der Waals surface area contributed by atoms with Crippen LogP contribution in [0.25, 0.3) is 10.8 Å². The van der Waals surface area contributed by atoms with Gasteiger partial charge in [-0.2, -0.15) is 0 Å². The highest BCUT2D eigenvalue weighted by Crippen LogP contribution is 2.40. The topological polar surface area (TPSA) is 21.8 Å². The van der Waals surface area contributed by atoms with Gasteiger partial charge in [-0.05, 0) is 30.0 Å². The first-order valence-corrected chi connectivity index (χ1v) is 5.92. The highest BCUT2D eigenvalue weighted by molar-refractivity contribution is 6.37. The number of hydrogen-bond acceptors (Lipinski definition) is 2. The number of epoxide rings is 1. The van der Waals surface area contributed by atoms with E-state index >= 15 is 0 Å². The molecule has 1 aliphatic rings. The molecule has 0 N–H and O–H groups in total. The first-order valence-electron chi connectivity index (χ1n) is 5.55. The molecular formula is C14H13ClO2. The van der Waals surface area contributed by atoms with Gasteiger partial charge < -0.3 is 9.47 Å². The Hall–Kier alpha value is -1.25. The zero-order chi connectivity index (χ0) is 12.0. The number of methoxy groups -OCH3 is 1. The van der Waals surface area contributed by atoms with Gasteiger partial charge in [0, 0.05) is 5.39 Å². The van der Waals surface area contributed by atoms with Crippen molar-refractivity contribution in [3.05, 3.63) is 40.9 Å². The molecule has 1 aliphatic heterocycles. The van der Waals surface area contributed by atoms with Crippen LogP contribution in [0.15, 0.2) is 30.3 Å². The first kappa shape index (κ1) is 10.9. The van der Waals surface area contributed by atoms with E-state index in [1.807, 2.05) is 18.2 Å². The van der Waals surface area contributed by atoms with Crippen LogP contribution in [0.5, 0.6) is 5.75 Å². The lowest BCUT2D eigenvalue weighted by Gasteiger charge is -2.10. The third-order valence-corrected chi connectivity index (χ3v) is 3.72. The van der Waals surface area contributed by atoms with Crippen LogP contribution in [0.2, 0.25) is 5.02 Å². The van der Waals surface area contributed by atoms with Crippen molar-refractivity contribution in [1.82, 2.24) is 0 Å². The van der Waals surface area contributed by atoms with E-state index in [0.29, 0.717) is 10.8 Å². The van der Waals surface area contributed by atoms with Crippen LogP contribution in [0.3, 0.4) is 0 Å². The van der Waals surface area contributed by atoms with Gasteiger partial charge in [0.15, 0.2) is 0 Å². The minimum absolute atomic E-state index is 0.0966. The van der Waals surface area contributed by atoms with Gasteiger partial charge in [-0.1, -0.05) is 29.8 Å². The first-order chi connectivity index (χ1) is 8.14. The lowest BCUT2D eigenvalue weighted by molar-refractivity contribution is 0.330. The number of benzene rings is 2. The Balaban J connectivity index is 2.18. The molecule has 1 atom stereocenters. The van der Waals surface area contributed by atoms with Crippen LogP contribution >= 0.6 is 11.6 Å². The largest absolute Gasteiger partial charge is 0.495 e. The summed E-state index contributed by atoms with van der Waals surface area (Å²) in [6, 6.07) is 10.1. The van der Waals surface area contributed by atoms with Crippen LogP contribution in [0.1, 0.15) is 12.5 Å². The summed E-state index contributed by atoms with van der Waals surface area (Å²) in [5, 5.41) is 2.79. The number of halogens is 1. The van der Waals surface area contributed by atoms with E-state index in [-0.39, 0.29) is 5.60 Å². The molecule has 0 amide bonds. The van der Waals surface area contributed by atoms with Crippen LogP contribution in [-0.4, -0.2) is 13.7 Å². The molecule has 2 aromatic rings. The maximum atomic E-state index is 6.27. The summed E-state index contributed by atoms with van der Waals surface area (Å²) in [5.41, 5.74) is 1.10. The fraction of sp³-hybridized carbons (Fsp3) is 0.286. The minimum Gasteiger partial charge on any atom is -0.495 e. The third kappa shape index (κ3) is 1.68. The Morgan fingerprint density at radius 2 is 2.06 bits per heavy atom. The van der Waals surface area contributed by atoms with E-state index < -0.39 is 0 Å². The molecule has 0 aromatic heterocycles. The maximum Gasteiger partial charge on any atom is 0.138 e. The standard InChI is InChI=1S/C14H13ClO2/c1-14(8-17-14)10-4-5-11-9(7-10)3-6-12(16-2)13(11)15/h3-7H,8H2,1-2H3. The van der Waals surface area contributed by atoms with Crippen molar-refractivity contribution in [3.63, 3.8) is 0 Å². The van der Waals surface area contributed by atoms with Crippen molar-refractivity contribution < 1.29 is 9.47 Å². The number of rotatable bonds is 2. The number of fused-ring (bicyclic) bond motifs is 1. The summed E-state index contributed by atoms with van der Waals surface area (Å²) in [6.07, 6.45) is 0. The highest BCUT2D eigenvalue weighted by Gasteiger charge is 2.41. The normalized spacial score (nSPS) is 22.8. The van der Waals surface area contributed by atoms with Gasteiger partial charge in [0.1, 0.15) is 11.4 Å². The molecule has 1 unspecified atom stereocenters. The van der Waals surface area contributed by atoms with E-state index in [1.54, 1.807) is 7.11 Å². The number of hydrogen-bond donors (Lipinski definition) is 0. The molecule has 0 aliphatic carbocycles. The van der Waals surface area contributed by atoms with Crippen LogP contribution in [0, 0.1) is 0 Å². The van der Waals surface area contributed by atoms with Gasteiger partial charge >= 0.3 is 0 Å². The fourth-order valence-electron chi connectivity index (χ4n) is 2.03. The molecule has 1 heterocycles. The molecule has 0 radical (unpaired) electrons. The fourth-order valence-corrected chi connectivity index (χ4v) is 2.35. The smallest absolute Gasteiger partial charge is 0.138 e. The predicted molar refractivity (Wildman–Crippen MR) is 68.8 cm³/mol. The SMILES string of the molecule is COc1ccc2cc(C3(C)CO3)ccc2c1Cl.